The fourth-order valence-corrected chi connectivity index (χ4v) is 2.46. The molecule has 0 saturated carbocycles. The van der Waals surface area contributed by atoms with Crippen molar-refractivity contribution >= 4 is 23.6 Å². The third-order valence-corrected chi connectivity index (χ3v) is 4.09. The van der Waals surface area contributed by atoms with Crippen molar-refractivity contribution in [2.45, 2.75) is 33.1 Å². The second-order valence-electron chi connectivity index (χ2n) is 6.66. The number of carbonyl (C=O) groups excluding carboxylic acids is 2. The summed E-state index contributed by atoms with van der Waals surface area (Å²) in [5, 5.41) is 12.0. The third kappa shape index (κ3) is 5.82. The van der Waals surface area contributed by atoms with Gasteiger partial charge in [-0.05, 0) is 53.8 Å². The number of hydrogen-bond donors (Lipinski definition) is 1. The highest BCUT2D eigenvalue weighted by Crippen LogP contribution is 2.17. The number of nitrogens with zero attached hydrogens (tertiary/aromatic N) is 1. The van der Waals surface area contributed by atoms with Crippen LogP contribution in [0.3, 0.4) is 0 Å². The average Bonchev–Trinajstić information content (AvgIpc) is 2.71. The van der Waals surface area contributed by atoms with E-state index in [-0.39, 0.29) is 5.57 Å². The Bertz CT molecular complexity index is 889. The Balaban J connectivity index is 2.07. The molecule has 0 atom stereocenters. The normalized spacial score (nSPS) is 11.0. The monoisotopic (exact) mass is 376 g/mol. The third-order valence-electron chi connectivity index (χ3n) is 4.09. The molecule has 0 radical (unpaired) electrons. The molecule has 144 valence electrons. The quantitative estimate of drug-likeness (QED) is 0.422. The van der Waals surface area contributed by atoms with Gasteiger partial charge in [-0.2, -0.15) is 5.26 Å². The van der Waals surface area contributed by atoms with Crippen LogP contribution in [0.5, 0.6) is 0 Å². The van der Waals surface area contributed by atoms with Crippen molar-refractivity contribution < 1.29 is 14.3 Å². The van der Waals surface area contributed by atoms with E-state index in [2.05, 4.69) is 19.2 Å². The molecule has 0 aliphatic rings. The van der Waals surface area contributed by atoms with Crippen LogP contribution in [0.1, 0.15) is 54.6 Å². The molecule has 5 heteroatoms. The standard InChI is InChI=1S/C23H24N2O3/c1-4-13-28-23(27)19-9-11-21(12-10-19)25-22(26)20(15-24)14-17-5-7-18(8-6-17)16(2)3/h5-12,14,16H,4,13H2,1-3H3,(H,25,26)/b20-14-. The molecule has 1 amide bonds. The zero-order chi connectivity index (χ0) is 20.5. The highest BCUT2D eigenvalue weighted by atomic mass is 16.5. The number of carbonyl (C=O) groups is 2. The van der Waals surface area contributed by atoms with Crippen LogP contribution in [0.2, 0.25) is 0 Å². The van der Waals surface area contributed by atoms with E-state index in [1.807, 2.05) is 37.3 Å². The predicted octanol–water partition coefficient (Wildman–Crippen LogP) is 4.92. The Labute approximate surface area is 165 Å². The van der Waals surface area contributed by atoms with Crippen molar-refractivity contribution in [2.75, 3.05) is 11.9 Å². The van der Waals surface area contributed by atoms with Gasteiger partial charge in [-0.25, -0.2) is 4.79 Å². The van der Waals surface area contributed by atoms with E-state index < -0.39 is 11.9 Å². The largest absolute Gasteiger partial charge is 0.462 e. The molecule has 5 nitrogen and oxygen atoms in total. The second-order valence-corrected chi connectivity index (χ2v) is 6.66. The van der Waals surface area contributed by atoms with Crippen LogP contribution in [0.25, 0.3) is 6.08 Å². The number of esters is 1. The SMILES string of the molecule is CCCOC(=O)c1ccc(NC(=O)/C(C#N)=C\c2ccc(C(C)C)cc2)cc1. The van der Waals surface area contributed by atoms with Gasteiger partial charge in [0.25, 0.3) is 5.91 Å². The first-order valence-electron chi connectivity index (χ1n) is 9.25. The molecule has 2 rings (SSSR count). The maximum Gasteiger partial charge on any atom is 0.338 e. The van der Waals surface area contributed by atoms with E-state index in [0.29, 0.717) is 23.8 Å². The van der Waals surface area contributed by atoms with Crippen molar-refractivity contribution in [3.8, 4) is 6.07 Å². The number of benzene rings is 2. The molecule has 0 unspecified atom stereocenters. The first-order chi connectivity index (χ1) is 13.4. The highest BCUT2D eigenvalue weighted by molar-refractivity contribution is 6.09. The van der Waals surface area contributed by atoms with E-state index in [1.165, 1.54) is 5.56 Å². The molecular weight excluding hydrogens is 352 g/mol. The van der Waals surface area contributed by atoms with Crippen molar-refractivity contribution in [2.24, 2.45) is 0 Å². The summed E-state index contributed by atoms with van der Waals surface area (Å²) in [5.41, 5.74) is 2.88. The molecule has 2 aromatic carbocycles. The number of ether oxygens (including phenoxy) is 1. The summed E-state index contributed by atoms with van der Waals surface area (Å²) < 4.78 is 5.06. The van der Waals surface area contributed by atoms with Gasteiger partial charge < -0.3 is 10.1 Å². The number of amides is 1. The highest BCUT2D eigenvalue weighted by Gasteiger charge is 2.11. The number of hydrogen-bond acceptors (Lipinski definition) is 4. The van der Waals surface area contributed by atoms with Crippen molar-refractivity contribution in [3.05, 3.63) is 70.8 Å². The van der Waals surface area contributed by atoms with Crippen molar-refractivity contribution in [1.82, 2.24) is 0 Å². The lowest BCUT2D eigenvalue weighted by Gasteiger charge is -2.07. The molecular formula is C23H24N2O3. The van der Waals surface area contributed by atoms with Gasteiger partial charge in [0, 0.05) is 5.69 Å². The summed E-state index contributed by atoms with van der Waals surface area (Å²) >= 11 is 0. The van der Waals surface area contributed by atoms with Crippen molar-refractivity contribution in [1.29, 1.82) is 5.26 Å². The maximum absolute atomic E-state index is 12.4. The molecule has 0 spiro atoms. The van der Waals surface area contributed by atoms with Crippen LogP contribution in [0.15, 0.2) is 54.1 Å². The van der Waals surface area contributed by atoms with Gasteiger partial charge >= 0.3 is 5.97 Å². The Morgan fingerprint density at radius 1 is 1.11 bits per heavy atom. The predicted molar refractivity (Wildman–Crippen MR) is 110 cm³/mol. The molecule has 0 aromatic heterocycles. The Hall–Kier alpha value is -3.39. The van der Waals surface area contributed by atoms with Crippen LogP contribution >= 0.6 is 0 Å². The zero-order valence-corrected chi connectivity index (χ0v) is 16.4. The van der Waals surface area contributed by atoms with Crippen LogP contribution in [-0.2, 0) is 9.53 Å². The summed E-state index contributed by atoms with van der Waals surface area (Å²) in [6.07, 6.45) is 2.30. The summed E-state index contributed by atoms with van der Waals surface area (Å²) in [6.45, 7) is 6.50. The molecule has 0 aliphatic heterocycles. The van der Waals surface area contributed by atoms with E-state index in [0.717, 1.165) is 12.0 Å². The lowest BCUT2D eigenvalue weighted by Crippen LogP contribution is -2.13. The maximum atomic E-state index is 12.4. The summed E-state index contributed by atoms with van der Waals surface area (Å²) in [7, 11) is 0. The first kappa shape index (κ1) is 20.9. The summed E-state index contributed by atoms with van der Waals surface area (Å²) in [6, 6.07) is 16.0. The molecule has 1 N–H and O–H groups in total. The van der Waals surface area contributed by atoms with Gasteiger partial charge in [0.2, 0.25) is 0 Å². The van der Waals surface area contributed by atoms with E-state index in [4.69, 9.17) is 4.74 Å². The fraction of sp³-hybridized carbons (Fsp3) is 0.261. The van der Waals surface area contributed by atoms with Gasteiger partial charge in [0.15, 0.2) is 0 Å². The van der Waals surface area contributed by atoms with Crippen LogP contribution < -0.4 is 5.32 Å². The van der Waals surface area contributed by atoms with E-state index in [9.17, 15) is 14.9 Å². The second kappa shape index (κ2) is 10.1. The minimum atomic E-state index is -0.503. The van der Waals surface area contributed by atoms with Gasteiger partial charge in [-0.15, -0.1) is 0 Å². The minimum Gasteiger partial charge on any atom is -0.462 e. The Morgan fingerprint density at radius 2 is 1.75 bits per heavy atom. The lowest BCUT2D eigenvalue weighted by molar-refractivity contribution is -0.112. The smallest absolute Gasteiger partial charge is 0.338 e. The lowest BCUT2D eigenvalue weighted by atomic mass is 10.0. The molecule has 0 heterocycles. The molecule has 2 aromatic rings. The molecule has 0 fully saturated rings. The van der Waals surface area contributed by atoms with Gasteiger partial charge in [-0.3, -0.25) is 4.79 Å². The molecule has 28 heavy (non-hydrogen) atoms. The molecule has 0 bridgehead atoms. The Morgan fingerprint density at radius 3 is 2.29 bits per heavy atom. The van der Waals surface area contributed by atoms with Gasteiger partial charge in [0.1, 0.15) is 11.6 Å². The van der Waals surface area contributed by atoms with Gasteiger partial charge in [0.05, 0.1) is 12.2 Å². The summed E-state index contributed by atoms with van der Waals surface area (Å²) in [4.78, 5) is 24.2. The number of nitrogens with one attached hydrogen (secondary N) is 1. The number of anilines is 1. The average molecular weight is 376 g/mol. The fourth-order valence-electron chi connectivity index (χ4n) is 2.46. The van der Waals surface area contributed by atoms with Crippen molar-refractivity contribution in [3.63, 3.8) is 0 Å². The van der Waals surface area contributed by atoms with Gasteiger partial charge in [-0.1, -0.05) is 45.0 Å². The molecule has 0 aliphatic carbocycles. The van der Waals surface area contributed by atoms with E-state index in [1.54, 1.807) is 30.3 Å². The van der Waals surface area contributed by atoms with E-state index >= 15 is 0 Å². The Kier molecular flexibility index (Phi) is 7.53. The zero-order valence-electron chi connectivity index (χ0n) is 16.4. The molecule has 0 saturated heterocycles. The summed E-state index contributed by atoms with van der Waals surface area (Å²) in [5.74, 6) is -0.488. The number of nitriles is 1. The van der Waals surface area contributed by atoms with Crippen LogP contribution in [0, 0.1) is 11.3 Å². The number of rotatable bonds is 7. The van der Waals surface area contributed by atoms with Crippen LogP contribution in [-0.4, -0.2) is 18.5 Å². The first-order valence-corrected chi connectivity index (χ1v) is 9.25. The topological polar surface area (TPSA) is 79.2 Å². The minimum absolute atomic E-state index is 0.00345. The van der Waals surface area contributed by atoms with Crippen LogP contribution in [0.4, 0.5) is 5.69 Å².